The lowest BCUT2D eigenvalue weighted by Crippen LogP contribution is -2.29. The molecule has 1 saturated heterocycles. The van der Waals surface area contributed by atoms with Gasteiger partial charge in [0.25, 0.3) is 11.7 Å². The van der Waals surface area contributed by atoms with Crippen LogP contribution >= 0.6 is 11.3 Å². The second-order valence-corrected chi connectivity index (χ2v) is 8.56. The number of carbonyl (C=O) groups excluding carboxylic acids is 2. The van der Waals surface area contributed by atoms with Crippen LogP contribution in [-0.4, -0.2) is 16.8 Å². The third-order valence-corrected chi connectivity index (χ3v) is 6.48. The number of hydrogen-bond donors (Lipinski definition) is 1. The summed E-state index contributed by atoms with van der Waals surface area (Å²) < 4.78 is 0. The number of fused-ring (bicyclic) bond motifs is 1. The molecule has 1 aromatic heterocycles. The highest BCUT2D eigenvalue weighted by atomic mass is 32.1. The van der Waals surface area contributed by atoms with E-state index in [4.69, 9.17) is 0 Å². The van der Waals surface area contributed by atoms with Crippen molar-refractivity contribution in [3.8, 4) is 0 Å². The Morgan fingerprint density at radius 3 is 2.45 bits per heavy atom. The molecule has 0 spiro atoms. The van der Waals surface area contributed by atoms with Gasteiger partial charge in [0.05, 0.1) is 5.57 Å². The van der Waals surface area contributed by atoms with Crippen molar-refractivity contribution in [3.63, 3.8) is 0 Å². The van der Waals surface area contributed by atoms with E-state index in [2.05, 4.69) is 0 Å². The summed E-state index contributed by atoms with van der Waals surface area (Å²) >= 11 is 1.45. The normalized spacial score (nSPS) is 18.1. The Kier molecular flexibility index (Phi) is 4.68. The predicted octanol–water partition coefficient (Wildman–Crippen LogP) is 5.84. The standard InChI is InChI=1S/C26H19NO3S/c1-16-6-4-9-20(14-16)27-23(21-10-5-13-31-21)22(25(29)26(27)30)24(28)19-12-11-17-7-2-3-8-18(17)15-19/h2-15,23,28H,1H3/b24-22-. The number of aliphatic hydroxyl groups is 1. The molecule has 0 aliphatic carbocycles. The lowest BCUT2D eigenvalue weighted by molar-refractivity contribution is -0.132. The van der Waals surface area contributed by atoms with E-state index in [1.54, 1.807) is 6.07 Å². The van der Waals surface area contributed by atoms with Gasteiger partial charge in [-0.1, -0.05) is 54.6 Å². The van der Waals surface area contributed by atoms with Gasteiger partial charge >= 0.3 is 0 Å². The molecular weight excluding hydrogens is 406 g/mol. The van der Waals surface area contributed by atoms with Crippen molar-refractivity contribution < 1.29 is 14.7 Å². The van der Waals surface area contributed by atoms with Crippen LogP contribution in [0.4, 0.5) is 5.69 Å². The molecule has 1 aliphatic rings. The Balaban J connectivity index is 1.72. The minimum Gasteiger partial charge on any atom is -0.507 e. The van der Waals surface area contributed by atoms with E-state index in [0.717, 1.165) is 21.2 Å². The molecule has 0 saturated carbocycles. The number of aliphatic hydroxyl groups excluding tert-OH is 1. The molecule has 1 unspecified atom stereocenters. The summed E-state index contributed by atoms with van der Waals surface area (Å²) in [5, 5.41) is 15.1. The van der Waals surface area contributed by atoms with Crippen molar-refractivity contribution in [2.24, 2.45) is 0 Å². The number of thiophene rings is 1. The third kappa shape index (κ3) is 3.23. The molecular formula is C26H19NO3S. The molecule has 31 heavy (non-hydrogen) atoms. The van der Waals surface area contributed by atoms with Gasteiger partial charge in [0, 0.05) is 16.1 Å². The first kappa shape index (κ1) is 19.3. The Morgan fingerprint density at radius 2 is 1.71 bits per heavy atom. The van der Waals surface area contributed by atoms with E-state index in [9.17, 15) is 14.7 Å². The van der Waals surface area contributed by atoms with Crippen LogP contribution in [0.3, 0.4) is 0 Å². The van der Waals surface area contributed by atoms with Gasteiger partial charge < -0.3 is 5.11 Å². The number of carbonyl (C=O) groups is 2. The Bertz CT molecular complexity index is 1350. The monoisotopic (exact) mass is 425 g/mol. The van der Waals surface area contributed by atoms with Crippen LogP contribution in [-0.2, 0) is 9.59 Å². The average molecular weight is 426 g/mol. The number of amides is 1. The summed E-state index contributed by atoms with van der Waals surface area (Å²) in [6.07, 6.45) is 0. The molecule has 1 N–H and O–H groups in total. The lowest BCUT2D eigenvalue weighted by Gasteiger charge is -2.24. The second-order valence-electron chi connectivity index (χ2n) is 7.59. The fraction of sp³-hybridized carbons (Fsp3) is 0.0769. The minimum atomic E-state index is -0.675. The van der Waals surface area contributed by atoms with E-state index in [1.165, 1.54) is 16.2 Å². The highest BCUT2D eigenvalue weighted by Gasteiger charge is 2.47. The summed E-state index contributed by atoms with van der Waals surface area (Å²) in [6, 6.07) is 23.9. The molecule has 2 heterocycles. The van der Waals surface area contributed by atoms with Gasteiger partial charge in [-0.15, -0.1) is 11.3 Å². The van der Waals surface area contributed by atoms with E-state index in [-0.39, 0.29) is 11.3 Å². The van der Waals surface area contributed by atoms with Crippen LogP contribution in [0.15, 0.2) is 89.8 Å². The van der Waals surface area contributed by atoms with E-state index in [1.807, 2.05) is 85.1 Å². The van der Waals surface area contributed by atoms with Gasteiger partial charge in [-0.2, -0.15) is 0 Å². The average Bonchev–Trinajstić information content (AvgIpc) is 3.40. The number of Topliss-reactive ketones (excluding diaryl/α,β-unsaturated/α-hetero) is 1. The highest BCUT2D eigenvalue weighted by Crippen LogP contribution is 2.43. The summed E-state index contributed by atoms with van der Waals surface area (Å²) in [7, 11) is 0. The molecule has 3 aromatic carbocycles. The number of anilines is 1. The van der Waals surface area contributed by atoms with E-state index >= 15 is 0 Å². The van der Waals surface area contributed by atoms with Gasteiger partial charge in [-0.3, -0.25) is 14.5 Å². The maximum Gasteiger partial charge on any atom is 0.300 e. The van der Waals surface area contributed by atoms with Gasteiger partial charge in [0.1, 0.15) is 11.8 Å². The van der Waals surface area contributed by atoms with Crippen LogP contribution < -0.4 is 4.90 Å². The van der Waals surface area contributed by atoms with Crippen molar-refractivity contribution in [2.45, 2.75) is 13.0 Å². The number of ketones is 1. The van der Waals surface area contributed by atoms with Crippen molar-refractivity contribution in [1.29, 1.82) is 0 Å². The Morgan fingerprint density at radius 1 is 0.903 bits per heavy atom. The molecule has 1 atom stereocenters. The molecule has 5 rings (SSSR count). The summed E-state index contributed by atoms with van der Waals surface area (Å²) in [4.78, 5) is 28.6. The molecule has 152 valence electrons. The zero-order valence-electron chi connectivity index (χ0n) is 16.8. The van der Waals surface area contributed by atoms with Crippen molar-refractivity contribution in [3.05, 3.63) is 106 Å². The maximum absolute atomic E-state index is 13.2. The molecule has 4 aromatic rings. The maximum atomic E-state index is 13.2. The zero-order valence-corrected chi connectivity index (χ0v) is 17.6. The topological polar surface area (TPSA) is 57.6 Å². The molecule has 1 aliphatic heterocycles. The number of aryl methyl sites for hydroxylation is 1. The molecule has 0 radical (unpaired) electrons. The van der Waals surface area contributed by atoms with Crippen LogP contribution in [0.1, 0.15) is 22.0 Å². The van der Waals surface area contributed by atoms with Gasteiger partial charge in [0.15, 0.2) is 0 Å². The lowest BCUT2D eigenvalue weighted by atomic mass is 9.98. The molecule has 1 amide bonds. The second kappa shape index (κ2) is 7.52. The fourth-order valence-electron chi connectivity index (χ4n) is 4.08. The van der Waals surface area contributed by atoms with Gasteiger partial charge in [0.2, 0.25) is 0 Å². The van der Waals surface area contributed by atoms with E-state index < -0.39 is 17.7 Å². The first-order valence-electron chi connectivity index (χ1n) is 9.95. The van der Waals surface area contributed by atoms with E-state index in [0.29, 0.717) is 11.3 Å². The predicted molar refractivity (Wildman–Crippen MR) is 124 cm³/mol. The summed E-state index contributed by atoms with van der Waals surface area (Å²) in [5.74, 6) is -1.46. The van der Waals surface area contributed by atoms with Crippen molar-refractivity contribution >= 4 is 45.2 Å². The summed E-state index contributed by atoms with van der Waals surface area (Å²) in [6.45, 7) is 1.94. The van der Waals surface area contributed by atoms with Crippen molar-refractivity contribution in [1.82, 2.24) is 0 Å². The smallest absolute Gasteiger partial charge is 0.300 e. The number of nitrogens with zero attached hydrogens (tertiary/aromatic N) is 1. The number of hydrogen-bond acceptors (Lipinski definition) is 4. The first-order chi connectivity index (χ1) is 15.0. The van der Waals surface area contributed by atoms with Crippen LogP contribution in [0, 0.1) is 6.92 Å². The van der Waals surface area contributed by atoms with Crippen LogP contribution in [0.5, 0.6) is 0 Å². The van der Waals surface area contributed by atoms with Crippen LogP contribution in [0.25, 0.3) is 16.5 Å². The fourth-order valence-corrected chi connectivity index (χ4v) is 4.91. The zero-order chi connectivity index (χ0) is 21.5. The van der Waals surface area contributed by atoms with Crippen molar-refractivity contribution in [2.75, 3.05) is 4.90 Å². The molecule has 4 nitrogen and oxygen atoms in total. The number of rotatable bonds is 3. The van der Waals surface area contributed by atoms with Crippen LogP contribution in [0.2, 0.25) is 0 Å². The Hall–Kier alpha value is -3.70. The number of benzene rings is 3. The summed E-state index contributed by atoms with van der Waals surface area (Å²) in [5.41, 5.74) is 2.25. The minimum absolute atomic E-state index is 0.115. The molecule has 0 bridgehead atoms. The SMILES string of the molecule is Cc1cccc(N2C(=O)C(=O)/C(=C(\O)c3ccc4ccccc4c3)C2c2cccs2)c1. The Labute approximate surface area is 183 Å². The van der Waals surface area contributed by atoms with Gasteiger partial charge in [-0.05, 0) is 52.9 Å². The first-order valence-corrected chi connectivity index (χ1v) is 10.8. The quantitative estimate of drug-likeness (QED) is 0.255. The molecule has 5 heteroatoms. The largest absolute Gasteiger partial charge is 0.507 e. The van der Waals surface area contributed by atoms with Gasteiger partial charge in [-0.25, -0.2) is 0 Å². The highest BCUT2D eigenvalue weighted by molar-refractivity contribution is 7.10. The third-order valence-electron chi connectivity index (χ3n) is 5.56. The molecule has 1 fully saturated rings.